The fraction of sp³-hybridized carbons (Fsp3) is 0.188. The van der Waals surface area contributed by atoms with Crippen LogP contribution in [0.4, 0.5) is 5.69 Å². The number of para-hydroxylation sites is 1. The molecule has 0 fully saturated rings. The summed E-state index contributed by atoms with van der Waals surface area (Å²) in [6.45, 7) is 3.51. The van der Waals surface area contributed by atoms with E-state index in [1.165, 1.54) is 6.07 Å². The minimum absolute atomic E-state index is 0.121. The molecule has 0 aliphatic carbocycles. The van der Waals surface area contributed by atoms with Crippen molar-refractivity contribution < 1.29 is 14.6 Å². The van der Waals surface area contributed by atoms with Gasteiger partial charge in [0, 0.05) is 11.8 Å². The Balaban J connectivity index is 2.00. The first-order valence-corrected chi connectivity index (χ1v) is 6.38. The molecule has 1 unspecified atom stereocenters. The van der Waals surface area contributed by atoms with Gasteiger partial charge in [-0.1, -0.05) is 18.2 Å². The molecule has 2 N–H and O–H groups in total. The van der Waals surface area contributed by atoms with Crippen LogP contribution in [0.5, 0.6) is 11.5 Å². The summed E-state index contributed by atoms with van der Waals surface area (Å²) in [5, 5.41) is 12.3. The van der Waals surface area contributed by atoms with Gasteiger partial charge in [0.05, 0.1) is 0 Å². The SMILES string of the molecule is Cc1cc(O)cc(OC(C)C(=O)Nc2ccccc2)c1. The summed E-state index contributed by atoms with van der Waals surface area (Å²) in [4.78, 5) is 12.0. The van der Waals surface area contributed by atoms with Crippen LogP contribution in [-0.2, 0) is 4.79 Å². The summed E-state index contributed by atoms with van der Waals surface area (Å²) in [6, 6.07) is 14.1. The molecule has 0 aliphatic heterocycles. The second-order valence-electron chi connectivity index (χ2n) is 4.62. The minimum atomic E-state index is -0.656. The standard InChI is InChI=1S/C16H17NO3/c1-11-8-14(18)10-15(9-11)20-12(2)16(19)17-13-6-4-3-5-7-13/h3-10,12,18H,1-2H3,(H,17,19). The Bertz CT molecular complexity index is 576. The van der Waals surface area contributed by atoms with Crippen molar-refractivity contribution in [2.45, 2.75) is 20.0 Å². The molecule has 0 spiro atoms. The monoisotopic (exact) mass is 271 g/mol. The quantitative estimate of drug-likeness (QED) is 0.898. The number of aryl methyl sites for hydroxylation is 1. The lowest BCUT2D eigenvalue weighted by atomic mass is 10.2. The highest BCUT2D eigenvalue weighted by Crippen LogP contribution is 2.22. The number of hydrogen-bond acceptors (Lipinski definition) is 3. The van der Waals surface area contributed by atoms with Crippen LogP contribution in [0.2, 0.25) is 0 Å². The Hall–Kier alpha value is -2.49. The summed E-state index contributed by atoms with van der Waals surface area (Å²) in [6.07, 6.45) is -0.656. The number of carbonyl (C=O) groups excluding carboxylic acids is 1. The number of nitrogens with one attached hydrogen (secondary N) is 1. The smallest absolute Gasteiger partial charge is 0.265 e. The predicted molar refractivity (Wildman–Crippen MR) is 78.0 cm³/mol. The first kappa shape index (κ1) is 13.9. The highest BCUT2D eigenvalue weighted by molar-refractivity contribution is 5.94. The number of phenolic OH excluding ortho intramolecular Hbond substituents is 1. The molecule has 0 aliphatic rings. The number of ether oxygens (including phenoxy) is 1. The van der Waals surface area contributed by atoms with E-state index in [0.717, 1.165) is 11.3 Å². The van der Waals surface area contributed by atoms with E-state index in [1.807, 2.05) is 37.3 Å². The molecular formula is C16H17NO3. The van der Waals surface area contributed by atoms with Crippen LogP contribution in [0.3, 0.4) is 0 Å². The van der Waals surface area contributed by atoms with E-state index in [-0.39, 0.29) is 11.7 Å². The van der Waals surface area contributed by atoms with Gasteiger partial charge in [-0.25, -0.2) is 0 Å². The number of anilines is 1. The third-order valence-corrected chi connectivity index (χ3v) is 2.76. The van der Waals surface area contributed by atoms with Crippen molar-refractivity contribution >= 4 is 11.6 Å². The van der Waals surface area contributed by atoms with Crippen molar-refractivity contribution in [1.29, 1.82) is 0 Å². The molecule has 1 amide bonds. The van der Waals surface area contributed by atoms with Crippen LogP contribution in [-0.4, -0.2) is 17.1 Å². The maximum atomic E-state index is 12.0. The number of aromatic hydroxyl groups is 1. The predicted octanol–water partition coefficient (Wildman–Crippen LogP) is 3.11. The van der Waals surface area contributed by atoms with Crippen molar-refractivity contribution in [2.24, 2.45) is 0 Å². The maximum Gasteiger partial charge on any atom is 0.265 e. The second-order valence-corrected chi connectivity index (χ2v) is 4.62. The maximum absolute atomic E-state index is 12.0. The van der Waals surface area contributed by atoms with Gasteiger partial charge in [0.1, 0.15) is 11.5 Å². The minimum Gasteiger partial charge on any atom is -0.508 e. The number of benzene rings is 2. The molecule has 0 aromatic heterocycles. The number of carbonyl (C=O) groups is 1. The largest absolute Gasteiger partial charge is 0.508 e. The van der Waals surface area contributed by atoms with Crippen molar-refractivity contribution in [3.8, 4) is 11.5 Å². The average Bonchev–Trinajstić information content (AvgIpc) is 2.38. The number of rotatable bonds is 4. The highest BCUT2D eigenvalue weighted by atomic mass is 16.5. The Morgan fingerprint density at radius 1 is 1.20 bits per heavy atom. The summed E-state index contributed by atoms with van der Waals surface area (Å²) >= 11 is 0. The van der Waals surface area contributed by atoms with Gasteiger partial charge in [0.25, 0.3) is 5.91 Å². The Morgan fingerprint density at radius 3 is 2.55 bits per heavy atom. The van der Waals surface area contributed by atoms with Crippen LogP contribution in [0.1, 0.15) is 12.5 Å². The van der Waals surface area contributed by atoms with Gasteiger partial charge in [0.15, 0.2) is 6.10 Å². The van der Waals surface area contributed by atoms with Gasteiger partial charge in [-0.05, 0) is 43.7 Å². The van der Waals surface area contributed by atoms with E-state index in [0.29, 0.717) is 5.75 Å². The van der Waals surface area contributed by atoms with Gasteiger partial charge in [-0.15, -0.1) is 0 Å². The molecule has 0 radical (unpaired) electrons. The molecule has 1 atom stereocenters. The van der Waals surface area contributed by atoms with Crippen LogP contribution in [0.25, 0.3) is 0 Å². The average molecular weight is 271 g/mol. The number of amides is 1. The van der Waals surface area contributed by atoms with Crippen molar-refractivity contribution in [1.82, 2.24) is 0 Å². The van der Waals surface area contributed by atoms with Crippen molar-refractivity contribution in [3.05, 3.63) is 54.1 Å². The van der Waals surface area contributed by atoms with Crippen LogP contribution >= 0.6 is 0 Å². The Morgan fingerprint density at radius 2 is 1.90 bits per heavy atom. The van der Waals surface area contributed by atoms with Crippen molar-refractivity contribution in [2.75, 3.05) is 5.32 Å². The first-order chi connectivity index (χ1) is 9.54. The zero-order valence-corrected chi connectivity index (χ0v) is 11.5. The van der Waals surface area contributed by atoms with Gasteiger partial charge in [-0.2, -0.15) is 0 Å². The molecule has 0 saturated heterocycles. The zero-order valence-electron chi connectivity index (χ0n) is 11.5. The van der Waals surface area contributed by atoms with Crippen LogP contribution in [0.15, 0.2) is 48.5 Å². The topological polar surface area (TPSA) is 58.6 Å². The molecule has 0 bridgehead atoms. The second kappa shape index (κ2) is 6.10. The van der Waals surface area contributed by atoms with Gasteiger partial charge >= 0.3 is 0 Å². The highest BCUT2D eigenvalue weighted by Gasteiger charge is 2.15. The molecule has 20 heavy (non-hydrogen) atoms. The summed E-state index contributed by atoms with van der Waals surface area (Å²) in [7, 11) is 0. The van der Waals surface area contributed by atoms with E-state index in [9.17, 15) is 9.90 Å². The van der Waals surface area contributed by atoms with E-state index in [4.69, 9.17) is 4.74 Å². The van der Waals surface area contributed by atoms with Crippen molar-refractivity contribution in [3.63, 3.8) is 0 Å². The summed E-state index contributed by atoms with van der Waals surface area (Å²) < 4.78 is 5.54. The molecule has 2 rings (SSSR count). The molecule has 104 valence electrons. The van der Waals surface area contributed by atoms with E-state index < -0.39 is 6.10 Å². The third-order valence-electron chi connectivity index (χ3n) is 2.76. The molecule has 2 aromatic carbocycles. The van der Waals surface area contributed by atoms with E-state index in [2.05, 4.69) is 5.32 Å². The van der Waals surface area contributed by atoms with E-state index in [1.54, 1.807) is 19.1 Å². The Kier molecular flexibility index (Phi) is 4.25. The molecular weight excluding hydrogens is 254 g/mol. The fourth-order valence-electron chi connectivity index (χ4n) is 1.82. The lowest BCUT2D eigenvalue weighted by molar-refractivity contribution is -0.122. The molecule has 0 heterocycles. The van der Waals surface area contributed by atoms with Gasteiger partial charge in [0.2, 0.25) is 0 Å². The Labute approximate surface area is 118 Å². The summed E-state index contributed by atoms with van der Waals surface area (Å²) in [5.74, 6) is 0.353. The van der Waals surface area contributed by atoms with Gasteiger partial charge < -0.3 is 15.2 Å². The van der Waals surface area contributed by atoms with Gasteiger partial charge in [-0.3, -0.25) is 4.79 Å². The summed E-state index contributed by atoms with van der Waals surface area (Å²) in [5.41, 5.74) is 1.59. The first-order valence-electron chi connectivity index (χ1n) is 6.38. The fourth-order valence-corrected chi connectivity index (χ4v) is 1.82. The lowest BCUT2D eigenvalue weighted by Crippen LogP contribution is -2.30. The third kappa shape index (κ3) is 3.75. The van der Waals surface area contributed by atoms with Crippen LogP contribution < -0.4 is 10.1 Å². The number of hydrogen-bond donors (Lipinski definition) is 2. The zero-order chi connectivity index (χ0) is 14.5. The molecule has 4 heteroatoms. The lowest BCUT2D eigenvalue weighted by Gasteiger charge is -2.15. The number of phenols is 1. The molecule has 4 nitrogen and oxygen atoms in total. The molecule has 0 saturated carbocycles. The van der Waals surface area contributed by atoms with E-state index >= 15 is 0 Å². The normalized spacial score (nSPS) is 11.7. The van der Waals surface area contributed by atoms with Crippen LogP contribution in [0, 0.1) is 6.92 Å². The molecule has 2 aromatic rings.